The second-order valence-corrected chi connectivity index (χ2v) is 5.47. The average molecular weight is 227 g/mol. The summed E-state index contributed by atoms with van der Waals surface area (Å²) in [5.74, 6) is 0. The smallest absolute Gasteiger partial charge is 0.215 e. The third-order valence-corrected chi connectivity index (χ3v) is 4.05. The van der Waals surface area contributed by atoms with E-state index in [9.17, 15) is 8.42 Å². The fourth-order valence-corrected chi connectivity index (χ4v) is 3.10. The van der Waals surface area contributed by atoms with Gasteiger partial charge in [-0.15, -0.1) is 0 Å². The number of sulfonamides is 1. The van der Waals surface area contributed by atoms with Crippen LogP contribution >= 0.6 is 0 Å². The first-order valence-electron chi connectivity index (χ1n) is 4.66. The van der Waals surface area contributed by atoms with Crippen molar-refractivity contribution in [3.63, 3.8) is 0 Å². The Bertz CT molecular complexity index is 469. The molecule has 0 radical (unpaired) electrons. The summed E-state index contributed by atoms with van der Waals surface area (Å²) in [5.41, 5.74) is 1.93. The zero-order valence-electron chi connectivity index (χ0n) is 8.38. The van der Waals surface area contributed by atoms with Crippen molar-refractivity contribution >= 4 is 10.0 Å². The highest BCUT2D eigenvalue weighted by Crippen LogP contribution is 2.36. The molecule has 82 valence electrons. The van der Waals surface area contributed by atoms with Crippen molar-refractivity contribution in [2.24, 2.45) is 5.14 Å². The maximum Gasteiger partial charge on any atom is 0.215 e. The number of fused-ring (bicyclic) bond motifs is 1. The molecule has 2 rings (SSSR count). The number of primary sulfonamides is 1. The molecule has 0 amide bonds. The highest BCUT2D eigenvalue weighted by atomic mass is 32.2. The number of methoxy groups -OCH3 is 1. The molecule has 15 heavy (non-hydrogen) atoms. The lowest BCUT2D eigenvalue weighted by atomic mass is 10.1. The molecule has 0 aliphatic heterocycles. The lowest BCUT2D eigenvalue weighted by Crippen LogP contribution is -2.32. The van der Waals surface area contributed by atoms with Crippen LogP contribution < -0.4 is 5.14 Å². The summed E-state index contributed by atoms with van der Waals surface area (Å²) in [6.45, 7) is 0. The van der Waals surface area contributed by atoms with Crippen LogP contribution in [0.25, 0.3) is 0 Å². The van der Waals surface area contributed by atoms with Crippen molar-refractivity contribution in [1.29, 1.82) is 0 Å². The Balaban J connectivity index is 2.46. The summed E-state index contributed by atoms with van der Waals surface area (Å²) in [7, 11) is -2.05. The van der Waals surface area contributed by atoms with Gasteiger partial charge in [0.15, 0.2) is 0 Å². The predicted octanol–water partition coefficient (Wildman–Crippen LogP) is 0.587. The number of hydrogen-bond donors (Lipinski definition) is 1. The zero-order chi connectivity index (χ0) is 11.1. The van der Waals surface area contributed by atoms with E-state index in [1.54, 1.807) is 0 Å². The topological polar surface area (TPSA) is 69.4 Å². The molecule has 0 saturated carbocycles. The van der Waals surface area contributed by atoms with Crippen molar-refractivity contribution in [2.75, 3.05) is 7.11 Å². The molecule has 0 saturated heterocycles. The summed E-state index contributed by atoms with van der Waals surface area (Å²) in [5, 5.41) is 4.53. The first kappa shape index (κ1) is 10.6. The van der Waals surface area contributed by atoms with Crippen molar-refractivity contribution in [3.05, 3.63) is 35.4 Å². The molecular weight excluding hydrogens is 214 g/mol. The van der Waals surface area contributed by atoms with Gasteiger partial charge in [-0.25, -0.2) is 13.6 Å². The Kier molecular flexibility index (Phi) is 2.54. The molecular formula is C10H13NO3S. The quantitative estimate of drug-likeness (QED) is 0.803. The molecule has 0 aromatic heterocycles. The highest BCUT2D eigenvalue weighted by Gasteiger charge is 2.39. The van der Waals surface area contributed by atoms with Crippen molar-refractivity contribution < 1.29 is 13.2 Å². The molecule has 0 heterocycles. The van der Waals surface area contributed by atoms with Crippen molar-refractivity contribution in [1.82, 2.24) is 0 Å². The van der Waals surface area contributed by atoms with E-state index in [1.807, 2.05) is 24.3 Å². The van der Waals surface area contributed by atoms with Crippen molar-refractivity contribution in [3.8, 4) is 0 Å². The molecule has 0 bridgehead atoms. The van der Waals surface area contributed by atoms with E-state index in [-0.39, 0.29) is 0 Å². The van der Waals surface area contributed by atoms with Gasteiger partial charge in [0.25, 0.3) is 0 Å². The SMILES string of the molecule is CO[C@H]1c2ccccc2C[C@H]1S(N)(=O)=O. The van der Waals surface area contributed by atoms with Gasteiger partial charge in [0.2, 0.25) is 10.0 Å². The van der Waals surface area contributed by atoms with E-state index in [4.69, 9.17) is 9.88 Å². The Labute approximate surface area is 89.1 Å². The lowest BCUT2D eigenvalue weighted by molar-refractivity contribution is 0.107. The number of ether oxygens (including phenoxy) is 1. The molecule has 4 nitrogen and oxygen atoms in total. The second kappa shape index (κ2) is 3.59. The third kappa shape index (κ3) is 1.78. The first-order valence-corrected chi connectivity index (χ1v) is 6.27. The fraction of sp³-hybridized carbons (Fsp3) is 0.400. The van der Waals surface area contributed by atoms with Gasteiger partial charge in [-0.1, -0.05) is 24.3 Å². The molecule has 1 aliphatic rings. The normalized spacial score (nSPS) is 25.2. The minimum absolute atomic E-state index is 0.434. The van der Waals surface area contributed by atoms with Gasteiger partial charge in [0, 0.05) is 7.11 Å². The molecule has 0 fully saturated rings. The summed E-state index contributed by atoms with van der Waals surface area (Å²) in [6.07, 6.45) is 0.00394. The van der Waals surface area contributed by atoms with E-state index >= 15 is 0 Å². The van der Waals surface area contributed by atoms with Crippen LogP contribution in [0.2, 0.25) is 0 Å². The molecule has 2 N–H and O–H groups in total. The van der Waals surface area contributed by atoms with Gasteiger partial charge in [-0.2, -0.15) is 0 Å². The Hall–Kier alpha value is -0.910. The number of nitrogens with two attached hydrogens (primary N) is 1. The molecule has 5 heteroatoms. The zero-order valence-corrected chi connectivity index (χ0v) is 9.20. The minimum atomic E-state index is -3.56. The molecule has 1 aromatic rings. The lowest BCUT2D eigenvalue weighted by Gasteiger charge is -2.16. The number of rotatable bonds is 2. The van der Waals surface area contributed by atoms with Gasteiger partial charge < -0.3 is 4.74 Å². The fourth-order valence-electron chi connectivity index (χ4n) is 2.09. The summed E-state index contributed by atoms with van der Waals surface area (Å²) >= 11 is 0. The standard InChI is InChI=1S/C10H13NO3S/c1-14-10-8-5-3-2-4-7(8)6-9(10)15(11,12)13/h2-5,9-10H,6H2,1H3,(H2,11,12,13)/t9-,10+/m1/s1. The van der Waals surface area contributed by atoms with Gasteiger partial charge in [-0.05, 0) is 17.5 Å². The Morgan fingerprint density at radius 1 is 1.40 bits per heavy atom. The van der Waals surface area contributed by atoms with Gasteiger partial charge in [0.1, 0.15) is 11.4 Å². The summed E-state index contributed by atoms with van der Waals surface area (Å²) in [4.78, 5) is 0. The van der Waals surface area contributed by atoms with Crippen LogP contribution in [0.5, 0.6) is 0 Å². The summed E-state index contributed by atoms with van der Waals surface area (Å²) < 4.78 is 28.0. The Morgan fingerprint density at radius 2 is 2.07 bits per heavy atom. The van der Waals surface area contributed by atoms with Crippen LogP contribution in [-0.4, -0.2) is 20.8 Å². The van der Waals surface area contributed by atoms with Crippen molar-refractivity contribution in [2.45, 2.75) is 17.8 Å². The van der Waals surface area contributed by atoms with Gasteiger partial charge in [-0.3, -0.25) is 0 Å². The van der Waals surface area contributed by atoms with Crippen LogP contribution in [0.1, 0.15) is 17.2 Å². The molecule has 1 aromatic carbocycles. The molecule has 1 aliphatic carbocycles. The van der Waals surface area contributed by atoms with Crippen LogP contribution in [0.4, 0.5) is 0 Å². The second-order valence-electron chi connectivity index (χ2n) is 3.69. The van der Waals surface area contributed by atoms with Crippen LogP contribution in [0.3, 0.4) is 0 Å². The minimum Gasteiger partial charge on any atom is -0.375 e. The average Bonchev–Trinajstić information content (AvgIpc) is 2.55. The third-order valence-electron chi connectivity index (χ3n) is 2.80. The van der Waals surface area contributed by atoms with E-state index in [0.29, 0.717) is 6.42 Å². The van der Waals surface area contributed by atoms with E-state index < -0.39 is 21.4 Å². The largest absolute Gasteiger partial charge is 0.375 e. The maximum atomic E-state index is 11.4. The molecule has 0 unspecified atom stereocenters. The monoisotopic (exact) mass is 227 g/mol. The van der Waals surface area contributed by atoms with Gasteiger partial charge >= 0.3 is 0 Å². The van der Waals surface area contributed by atoms with E-state index in [0.717, 1.165) is 11.1 Å². The van der Waals surface area contributed by atoms with Crippen LogP contribution in [0.15, 0.2) is 24.3 Å². The molecule has 0 spiro atoms. The van der Waals surface area contributed by atoms with E-state index in [2.05, 4.69) is 0 Å². The molecule has 2 atom stereocenters. The summed E-state index contributed by atoms with van der Waals surface area (Å²) in [6, 6.07) is 7.55. The number of benzene rings is 1. The van der Waals surface area contributed by atoms with E-state index in [1.165, 1.54) is 7.11 Å². The number of hydrogen-bond acceptors (Lipinski definition) is 3. The van der Waals surface area contributed by atoms with Crippen LogP contribution in [0, 0.1) is 0 Å². The van der Waals surface area contributed by atoms with Crippen LogP contribution in [-0.2, 0) is 21.2 Å². The van der Waals surface area contributed by atoms with Gasteiger partial charge in [0.05, 0.1) is 0 Å². The maximum absolute atomic E-state index is 11.4. The Morgan fingerprint density at radius 3 is 2.67 bits per heavy atom. The highest BCUT2D eigenvalue weighted by molar-refractivity contribution is 7.89. The first-order chi connectivity index (χ1) is 7.04. The predicted molar refractivity (Wildman–Crippen MR) is 56.8 cm³/mol.